The Morgan fingerprint density at radius 1 is 1.69 bits per heavy atom. The number of carbonyl (C=O) groups is 1. The summed E-state index contributed by atoms with van der Waals surface area (Å²) >= 11 is 3.02. The summed E-state index contributed by atoms with van der Waals surface area (Å²) in [7, 11) is 0. The van der Waals surface area contributed by atoms with Gasteiger partial charge in [-0.25, -0.2) is 4.39 Å². The van der Waals surface area contributed by atoms with Crippen LogP contribution in [-0.2, 0) is 0 Å². The van der Waals surface area contributed by atoms with E-state index in [2.05, 4.69) is 27.2 Å². The lowest BCUT2D eigenvalue weighted by atomic mass is 10.2. The van der Waals surface area contributed by atoms with Crippen molar-refractivity contribution in [2.45, 2.75) is 19.4 Å². The number of rotatable bonds is 3. The molecule has 0 aliphatic rings. The Hall–Kier alpha value is -1.34. The van der Waals surface area contributed by atoms with Gasteiger partial charge < -0.3 is 5.32 Å². The van der Waals surface area contributed by atoms with Crippen molar-refractivity contribution in [3.63, 3.8) is 0 Å². The number of hydrogen-bond donors (Lipinski definition) is 1. The van der Waals surface area contributed by atoms with Crippen LogP contribution >= 0.6 is 15.9 Å². The SMILES string of the molecule is C#CCC(C)NC(=O)c1ccc(Br)c(F)c1. The van der Waals surface area contributed by atoms with E-state index >= 15 is 0 Å². The molecular weight excluding hydrogens is 273 g/mol. The second-order valence-electron chi connectivity index (χ2n) is 3.41. The van der Waals surface area contributed by atoms with Crippen molar-refractivity contribution in [3.05, 3.63) is 34.1 Å². The Kier molecular flexibility index (Phi) is 4.51. The normalized spacial score (nSPS) is 11.6. The summed E-state index contributed by atoms with van der Waals surface area (Å²) in [5.41, 5.74) is 0.282. The third-order valence-corrected chi connectivity index (χ3v) is 2.63. The van der Waals surface area contributed by atoms with Gasteiger partial charge in [0.1, 0.15) is 5.82 Å². The van der Waals surface area contributed by atoms with Crippen LogP contribution in [0, 0.1) is 18.2 Å². The van der Waals surface area contributed by atoms with Crippen LogP contribution in [0.2, 0.25) is 0 Å². The zero-order valence-electron chi connectivity index (χ0n) is 8.76. The fourth-order valence-electron chi connectivity index (χ4n) is 1.17. The number of nitrogens with one attached hydrogen (secondary N) is 1. The summed E-state index contributed by atoms with van der Waals surface area (Å²) in [6, 6.07) is 4.10. The van der Waals surface area contributed by atoms with Gasteiger partial charge in [-0.2, -0.15) is 0 Å². The third-order valence-electron chi connectivity index (χ3n) is 1.98. The van der Waals surface area contributed by atoms with Gasteiger partial charge in [-0.15, -0.1) is 12.3 Å². The van der Waals surface area contributed by atoms with Gasteiger partial charge in [0.05, 0.1) is 4.47 Å². The molecule has 1 rings (SSSR count). The van der Waals surface area contributed by atoms with Crippen LogP contribution in [0.3, 0.4) is 0 Å². The average molecular weight is 284 g/mol. The quantitative estimate of drug-likeness (QED) is 0.850. The first-order chi connectivity index (χ1) is 7.54. The van der Waals surface area contributed by atoms with Gasteiger partial charge in [-0.1, -0.05) is 0 Å². The van der Waals surface area contributed by atoms with Gasteiger partial charge in [0.25, 0.3) is 5.91 Å². The number of halogens is 2. The maximum atomic E-state index is 13.2. The second kappa shape index (κ2) is 5.66. The van der Waals surface area contributed by atoms with Crippen LogP contribution in [-0.4, -0.2) is 11.9 Å². The first-order valence-corrected chi connectivity index (χ1v) is 5.53. The van der Waals surface area contributed by atoms with E-state index in [9.17, 15) is 9.18 Å². The molecule has 1 aromatic carbocycles. The van der Waals surface area contributed by atoms with E-state index in [1.807, 2.05) is 0 Å². The number of amides is 1. The molecule has 4 heteroatoms. The molecule has 0 aliphatic carbocycles. The Labute approximate surface area is 102 Å². The van der Waals surface area contributed by atoms with Crippen LogP contribution in [0.1, 0.15) is 23.7 Å². The van der Waals surface area contributed by atoms with E-state index in [-0.39, 0.29) is 17.5 Å². The van der Waals surface area contributed by atoms with Crippen molar-refractivity contribution in [1.29, 1.82) is 0 Å². The lowest BCUT2D eigenvalue weighted by molar-refractivity contribution is 0.0940. The molecule has 2 nitrogen and oxygen atoms in total. The zero-order valence-corrected chi connectivity index (χ0v) is 10.3. The van der Waals surface area contributed by atoms with Gasteiger partial charge in [-0.3, -0.25) is 4.79 Å². The molecule has 0 bridgehead atoms. The molecule has 84 valence electrons. The molecule has 0 saturated carbocycles. The van der Waals surface area contributed by atoms with E-state index in [1.54, 1.807) is 13.0 Å². The number of terminal acetylenes is 1. The fourth-order valence-corrected chi connectivity index (χ4v) is 1.42. The molecule has 0 fully saturated rings. The molecule has 1 aromatic rings. The third kappa shape index (κ3) is 3.35. The van der Waals surface area contributed by atoms with Crippen LogP contribution in [0.25, 0.3) is 0 Å². The monoisotopic (exact) mass is 283 g/mol. The molecule has 0 radical (unpaired) electrons. The minimum Gasteiger partial charge on any atom is -0.349 e. The number of hydrogen-bond acceptors (Lipinski definition) is 1. The van der Waals surface area contributed by atoms with Crippen LogP contribution < -0.4 is 5.32 Å². The van der Waals surface area contributed by atoms with Crippen molar-refractivity contribution in [2.24, 2.45) is 0 Å². The zero-order chi connectivity index (χ0) is 12.1. The Balaban J connectivity index is 2.74. The van der Waals surface area contributed by atoms with E-state index in [4.69, 9.17) is 6.42 Å². The van der Waals surface area contributed by atoms with Crippen molar-refractivity contribution in [1.82, 2.24) is 5.32 Å². The predicted molar refractivity (Wildman–Crippen MR) is 64.5 cm³/mol. The average Bonchev–Trinajstić information content (AvgIpc) is 2.22. The molecule has 16 heavy (non-hydrogen) atoms. The maximum absolute atomic E-state index is 13.2. The summed E-state index contributed by atoms with van der Waals surface area (Å²) in [6.45, 7) is 1.80. The summed E-state index contributed by atoms with van der Waals surface area (Å²) in [5, 5.41) is 2.68. The summed E-state index contributed by atoms with van der Waals surface area (Å²) in [6.07, 6.45) is 5.57. The number of benzene rings is 1. The molecule has 0 aromatic heterocycles. The molecule has 1 amide bonds. The van der Waals surface area contributed by atoms with Gasteiger partial charge in [0.2, 0.25) is 0 Å². The van der Waals surface area contributed by atoms with Crippen molar-refractivity contribution in [2.75, 3.05) is 0 Å². The molecule has 1 N–H and O–H groups in total. The highest BCUT2D eigenvalue weighted by atomic mass is 79.9. The molecule has 0 heterocycles. The van der Waals surface area contributed by atoms with Gasteiger partial charge in [0.15, 0.2) is 0 Å². The second-order valence-corrected chi connectivity index (χ2v) is 4.27. The van der Waals surface area contributed by atoms with Gasteiger partial charge >= 0.3 is 0 Å². The van der Waals surface area contributed by atoms with E-state index < -0.39 is 5.82 Å². The molecule has 0 saturated heterocycles. The van der Waals surface area contributed by atoms with E-state index in [1.165, 1.54) is 12.1 Å². The topological polar surface area (TPSA) is 29.1 Å². The highest BCUT2D eigenvalue weighted by Crippen LogP contribution is 2.16. The Morgan fingerprint density at radius 2 is 2.38 bits per heavy atom. The van der Waals surface area contributed by atoms with Gasteiger partial charge in [-0.05, 0) is 41.1 Å². The molecule has 1 unspecified atom stereocenters. The smallest absolute Gasteiger partial charge is 0.251 e. The molecule has 0 spiro atoms. The highest BCUT2D eigenvalue weighted by molar-refractivity contribution is 9.10. The van der Waals surface area contributed by atoms with Crippen LogP contribution in [0.15, 0.2) is 22.7 Å². The largest absolute Gasteiger partial charge is 0.349 e. The Bertz CT molecular complexity index is 439. The molecule has 0 aliphatic heterocycles. The fraction of sp³-hybridized carbons (Fsp3) is 0.250. The van der Waals surface area contributed by atoms with Crippen molar-refractivity contribution in [3.8, 4) is 12.3 Å². The standard InChI is InChI=1S/C12H11BrFNO/c1-3-4-8(2)15-12(16)9-5-6-10(13)11(14)7-9/h1,5-8H,4H2,2H3,(H,15,16). The lowest BCUT2D eigenvalue weighted by Gasteiger charge is -2.10. The molecular formula is C12H11BrFNO. The van der Waals surface area contributed by atoms with Crippen molar-refractivity contribution >= 4 is 21.8 Å². The lowest BCUT2D eigenvalue weighted by Crippen LogP contribution is -2.32. The molecule has 1 atom stereocenters. The summed E-state index contributed by atoms with van der Waals surface area (Å²) in [5.74, 6) is 1.66. The minimum absolute atomic E-state index is 0.121. The number of carbonyl (C=O) groups excluding carboxylic acids is 1. The first-order valence-electron chi connectivity index (χ1n) is 4.74. The van der Waals surface area contributed by atoms with Crippen molar-refractivity contribution < 1.29 is 9.18 Å². The van der Waals surface area contributed by atoms with Crippen LogP contribution in [0.4, 0.5) is 4.39 Å². The minimum atomic E-state index is -0.461. The predicted octanol–water partition coefficient (Wildman–Crippen LogP) is 2.73. The van der Waals surface area contributed by atoms with Gasteiger partial charge in [0, 0.05) is 18.0 Å². The highest BCUT2D eigenvalue weighted by Gasteiger charge is 2.10. The first kappa shape index (κ1) is 12.7. The summed E-state index contributed by atoms with van der Waals surface area (Å²) < 4.78 is 13.5. The van der Waals surface area contributed by atoms with E-state index in [0.29, 0.717) is 10.9 Å². The maximum Gasteiger partial charge on any atom is 0.251 e. The Morgan fingerprint density at radius 3 is 2.94 bits per heavy atom. The van der Waals surface area contributed by atoms with Crippen LogP contribution in [0.5, 0.6) is 0 Å². The summed E-state index contributed by atoms with van der Waals surface area (Å²) in [4.78, 5) is 11.6. The van der Waals surface area contributed by atoms with E-state index in [0.717, 1.165) is 0 Å².